The third kappa shape index (κ3) is 9.82. The molecule has 1 amide bonds. The van der Waals surface area contributed by atoms with Crippen molar-refractivity contribution in [3.05, 3.63) is 0 Å². The highest BCUT2D eigenvalue weighted by Crippen LogP contribution is 2.26. The first kappa shape index (κ1) is 20.3. The SMILES string of the molecule is CC(C)CC(C)(C)C(=O)NOC(C)(C)CCOC(C)(C)N. The summed E-state index contributed by atoms with van der Waals surface area (Å²) in [6, 6.07) is 0. The number of nitrogens with two attached hydrogens (primary N) is 1. The van der Waals surface area contributed by atoms with Gasteiger partial charge in [-0.1, -0.05) is 27.7 Å². The zero-order chi connectivity index (χ0) is 16.9. The summed E-state index contributed by atoms with van der Waals surface area (Å²) in [7, 11) is 0. The van der Waals surface area contributed by atoms with Crippen LogP contribution in [0.15, 0.2) is 0 Å². The van der Waals surface area contributed by atoms with E-state index in [2.05, 4.69) is 19.3 Å². The second kappa shape index (κ2) is 7.56. The molecule has 0 aliphatic rings. The standard InChI is InChI=1S/C16H34N2O3/c1-12(2)11-14(3,4)13(19)18-21-15(5,6)9-10-20-16(7,8)17/h12H,9-11,17H2,1-8H3,(H,18,19). The predicted molar refractivity (Wildman–Crippen MR) is 85.4 cm³/mol. The Bertz CT molecular complexity index is 331. The molecule has 0 heterocycles. The average molecular weight is 302 g/mol. The van der Waals surface area contributed by atoms with Crippen LogP contribution in [0.3, 0.4) is 0 Å². The van der Waals surface area contributed by atoms with E-state index in [9.17, 15) is 4.79 Å². The lowest BCUT2D eigenvalue weighted by Gasteiger charge is -2.30. The van der Waals surface area contributed by atoms with Crippen LogP contribution in [-0.4, -0.2) is 23.8 Å². The smallest absolute Gasteiger partial charge is 0.249 e. The maximum atomic E-state index is 12.2. The molecule has 5 heteroatoms. The highest BCUT2D eigenvalue weighted by molar-refractivity contribution is 5.80. The summed E-state index contributed by atoms with van der Waals surface area (Å²) in [6.07, 6.45) is 1.45. The molecule has 0 aromatic carbocycles. The quantitative estimate of drug-likeness (QED) is 0.507. The number of hydroxylamine groups is 1. The topological polar surface area (TPSA) is 73.6 Å². The molecule has 0 radical (unpaired) electrons. The molecule has 21 heavy (non-hydrogen) atoms. The third-order valence-corrected chi connectivity index (χ3v) is 3.13. The van der Waals surface area contributed by atoms with Crippen molar-refractivity contribution in [3.8, 4) is 0 Å². The van der Waals surface area contributed by atoms with Gasteiger partial charge in [-0.25, -0.2) is 5.48 Å². The number of nitrogens with one attached hydrogen (secondary N) is 1. The van der Waals surface area contributed by atoms with Crippen molar-refractivity contribution in [1.82, 2.24) is 5.48 Å². The first-order valence-corrected chi connectivity index (χ1v) is 7.66. The van der Waals surface area contributed by atoms with Crippen molar-refractivity contribution in [1.29, 1.82) is 0 Å². The van der Waals surface area contributed by atoms with E-state index >= 15 is 0 Å². The Hall–Kier alpha value is -0.650. The Kier molecular flexibility index (Phi) is 7.33. The molecule has 5 nitrogen and oxygen atoms in total. The summed E-state index contributed by atoms with van der Waals surface area (Å²) in [5.74, 6) is 0.364. The molecule has 0 atom stereocenters. The minimum absolute atomic E-state index is 0.0932. The van der Waals surface area contributed by atoms with Gasteiger partial charge in [0.05, 0.1) is 12.2 Å². The summed E-state index contributed by atoms with van der Waals surface area (Å²) in [4.78, 5) is 17.7. The summed E-state index contributed by atoms with van der Waals surface area (Å²) < 4.78 is 5.48. The Labute approximate surface area is 129 Å². The van der Waals surface area contributed by atoms with E-state index in [0.29, 0.717) is 18.9 Å². The van der Waals surface area contributed by atoms with E-state index < -0.39 is 16.7 Å². The van der Waals surface area contributed by atoms with Crippen LogP contribution in [0.2, 0.25) is 0 Å². The second-order valence-corrected chi connectivity index (χ2v) is 7.98. The molecular weight excluding hydrogens is 268 g/mol. The molecule has 0 rings (SSSR count). The highest BCUT2D eigenvalue weighted by Gasteiger charge is 2.30. The molecule has 3 N–H and O–H groups in total. The number of carbonyl (C=O) groups is 1. The fourth-order valence-corrected chi connectivity index (χ4v) is 2.05. The number of hydrogen-bond acceptors (Lipinski definition) is 4. The van der Waals surface area contributed by atoms with Gasteiger partial charge in [0.2, 0.25) is 5.91 Å². The lowest BCUT2D eigenvalue weighted by atomic mass is 9.83. The number of hydrogen-bond donors (Lipinski definition) is 2. The summed E-state index contributed by atoms with van der Waals surface area (Å²) in [6.45, 7) is 16.0. The van der Waals surface area contributed by atoms with Crippen LogP contribution in [0.4, 0.5) is 0 Å². The first-order valence-electron chi connectivity index (χ1n) is 7.66. The normalized spacial score (nSPS) is 13.6. The van der Waals surface area contributed by atoms with Gasteiger partial charge in [0.1, 0.15) is 5.72 Å². The third-order valence-electron chi connectivity index (χ3n) is 3.13. The fourth-order valence-electron chi connectivity index (χ4n) is 2.05. The second-order valence-electron chi connectivity index (χ2n) is 7.98. The minimum atomic E-state index is -0.654. The average Bonchev–Trinajstić information content (AvgIpc) is 2.21. The van der Waals surface area contributed by atoms with E-state index in [1.807, 2.05) is 27.7 Å². The molecule has 0 aromatic rings. The summed E-state index contributed by atoms with van der Waals surface area (Å²) in [5.41, 5.74) is 6.74. The van der Waals surface area contributed by atoms with Crippen molar-refractivity contribution in [2.45, 2.75) is 79.6 Å². The molecule has 0 unspecified atom stereocenters. The molecule has 0 bridgehead atoms. The molecule has 0 fully saturated rings. The van der Waals surface area contributed by atoms with Gasteiger partial charge in [0.25, 0.3) is 0 Å². The van der Waals surface area contributed by atoms with Gasteiger partial charge in [-0.15, -0.1) is 0 Å². The van der Waals surface area contributed by atoms with Gasteiger partial charge in [0.15, 0.2) is 0 Å². The van der Waals surface area contributed by atoms with Crippen molar-refractivity contribution in [2.75, 3.05) is 6.61 Å². The number of amides is 1. The lowest BCUT2D eigenvalue weighted by Crippen LogP contribution is -2.44. The number of rotatable bonds is 9. The summed E-state index contributed by atoms with van der Waals surface area (Å²) in [5, 5.41) is 0. The van der Waals surface area contributed by atoms with E-state index in [-0.39, 0.29) is 5.91 Å². The largest absolute Gasteiger partial charge is 0.361 e. The molecule has 0 aromatic heterocycles. The fraction of sp³-hybridized carbons (Fsp3) is 0.938. The molecule has 0 aliphatic carbocycles. The minimum Gasteiger partial charge on any atom is -0.361 e. The molecule has 0 spiro atoms. The van der Waals surface area contributed by atoms with Gasteiger partial charge >= 0.3 is 0 Å². The molecule has 0 aliphatic heterocycles. The van der Waals surface area contributed by atoms with Crippen LogP contribution in [0.5, 0.6) is 0 Å². The molecule has 0 saturated heterocycles. The van der Waals surface area contributed by atoms with Gasteiger partial charge in [0, 0.05) is 11.8 Å². The lowest BCUT2D eigenvalue weighted by molar-refractivity contribution is -0.161. The van der Waals surface area contributed by atoms with Crippen molar-refractivity contribution >= 4 is 5.91 Å². The van der Waals surface area contributed by atoms with Crippen molar-refractivity contribution < 1.29 is 14.4 Å². The van der Waals surface area contributed by atoms with E-state index in [1.165, 1.54) is 0 Å². The Morgan fingerprint density at radius 3 is 2.10 bits per heavy atom. The summed E-state index contributed by atoms with van der Waals surface area (Å²) >= 11 is 0. The van der Waals surface area contributed by atoms with Gasteiger partial charge in [-0.2, -0.15) is 0 Å². The first-order chi connectivity index (χ1) is 9.25. The molecular formula is C16H34N2O3. The van der Waals surface area contributed by atoms with Crippen molar-refractivity contribution in [2.24, 2.45) is 17.1 Å². The Morgan fingerprint density at radius 2 is 1.67 bits per heavy atom. The highest BCUT2D eigenvalue weighted by atomic mass is 16.7. The van der Waals surface area contributed by atoms with Crippen LogP contribution >= 0.6 is 0 Å². The van der Waals surface area contributed by atoms with Crippen molar-refractivity contribution in [3.63, 3.8) is 0 Å². The van der Waals surface area contributed by atoms with E-state index in [4.69, 9.17) is 15.3 Å². The monoisotopic (exact) mass is 302 g/mol. The zero-order valence-corrected chi connectivity index (χ0v) is 15.0. The maximum absolute atomic E-state index is 12.2. The molecule has 0 saturated carbocycles. The van der Waals surface area contributed by atoms with Crippen LogP contribution in [0.25, 0.3) is 0 Å². The predicted octanol–water partition coefficient (Wildman–Crippen LogP) is 2.99. The Balaban J connectivity index is 4.26. The van der Waals surface area contributed by atoms with Gasteiger partial charge in [-0.3, -0.25) is 9.63 Å². The van der Waals surface area contributed by atoms with E-state index in [1.54, 1.807) is 13.8 Å². The van der Waals surface area contributed by atoms with E-state index in [0.717, 1.165) is 6.42 Å². The van der Waals surface area contributed by atoms with Crippen LogP contribution < -0.4 is 11.2 Å². The van der Waals surface area contributed by atoms with Crippen LogP contribution in [0, 0.1) is 11.3 Å². The Morgan fingerprint density at radius 1 is 1.14 bits per heavy atom. The maximum Gasteiger partial charge on any atom is 0.249 e. The number of carbonyl (C=O) groups excluding carboxylic acids is 1. The zero-order valence-electron chi connectivity index (χ0n) is 15.0. The van der Waals surface area contributed by atoms with Crippen LogP contribution in [0.1, 0.15) is 68.2 Å². The van der Waals surface area contributed by atoms with Gasteiger partial charge < -0.3 is 10.5 Å². The number of ether oxygens (including phenoxy) is 1. The van der Waals surface area contributed by atoms with Crippen LogP contribution in [-0.2, 0) is 14.4 Å². The molecule has 126 valence electrons. The van der Waals surface area contributed by atoms with Gasteiger partial charge in [-0.05, 0) is 40.0 Å².